The van der Waals surface area contributed by atoms with Crippen molar-refractivity contribution in [3.05, 3.63) is 129 Å². The molecule has 10 nitrogen and oxygen atoms in total. The lowest BCUT2D eigenvalue weighted by Crippen LogP contribution is -2.46. The zero-order valence-corrected chi connectivity index (χ0v) is 27.4. The van der Waals surface area contributed by atoms with E-state index in [1.807, 2.05) is 75.4 Å². The molecule has 2 N–H and O–H groups in total. The van der Waals surface area contributed by atoms with Gasteiger partial charge in [0.1, 0.15) is 29.7 Å². The van der Waals surface area contributed by atoms with Crippen LogP contribution in [0.1, 0.15) is 48.6 Å². The summed E-state index contributed by atoms with van der Waals surface area (Å²) in [7, 11) is 1.58. The minimum Gasteiger partial charge on any atom is -0.497 e. The van der Waals surface area contributed by atoms with Crippen molar-refractivity contribution < 1.29 is 28.6 Å². The van der Waals surface area contributed by atoms with Gasteiger partial charge in [-0.1, -0.05) is 66.7 Å². The van der Waals surface area contributed by atoms with Gasteiger partial charge in [-0.05, 0) is 73.7 Å². The molecule has 0 aliphatic rings. The summed E-state index contributed by atoms with van der Waals surface area (Å²) >= 11 is 0. The lowest BCUT2D eigenvalue weighted by molar-refractivity contribution is -0.153. The second kappa shape index (κ2) is 15.8. The number of hydrogen-bond donors (Lipinski definition) is 2. The molecule has 0 spiro atoms. The number of ether oxygens (including phenoxy) is 3. The van der Waals surface area contributed by atoms with E-state index in [-0.39, 0.29) is 43.2 Å². The van der Waals surface area contributed by atoms with Gasteiger partial charge in [-0.15, -0.1) is 0 Å². The van der Waals surface area contributed by atoms with E-state index >= 15 is 0 Å². The average molecular weight is 640 g/mol. The van der Waals surface area contributed by atoms with Gasteiger partial charge in [-0.2, -0.15) is 0 Å². The lowest BCUT2D eigenvalue weighted by Gasteiger charge is -2.20. The first-order valence-corrected chi connectivity index (χ1v) is 15.3. The highest BCUT2D eigenvalue weighted by atomic mass is 16.6. The van der Waals surface area contributed by atoms with Crippen LogP contribution in [0.4, 0.5) is 10.5 Å². The van der Waals surface area contributed by atoms with Crippen LogP contribution in [0.3, 0.4) is 0 Å². The predicted octanol–water partition coefficient (Wildman–Crippen LogP) is 5.57. The standard InChI is InChI=1S/C37H41N3O7/c1-25-19-20-40(23-28-15-17-30(45-5)18-16-28)35(43)33(25)39-34(42)31(38-36(44)46-24-29-9-7-6-8-10-29)21-26-11-13-27(14-12-26)22-32(41)47-37(2,3)4/h6-20,31H,21-24H2,1-5H3,(H,38,44)(H,39,42). The van der Waals surface area contributed by atoms with Crippen LogP contribution < -0.4 is 20.9 Å². The molecule has 1 aromatic heterocycles. The zero-order chi connectivity index (χ0) is 34.0. The number of amides is 2. The number of methoxy groups -OCH3 is 1. The predicted molar refractivity (Wildman–Crippen MR) is 179 cm³/mol. The highest BCUT2D eigenvalue weighted by molar-refractivity contribution is 5.97. The van der Waals surface area contributed by atoms with Crippen molar-refractivity contribution in [1.82, 2.24) is 9.88 Å². The van der Waals surface area contributed by atoms with Gasteiger partial charge >= 0.3 is 12.1 Å². The highest BCUT2D eigenvalue weighted by Crippen LogP contribution is 2.16. The molecule has 1 atom stereocenters. The Labute approximate surface area is 274 Å². The molecule has 4 aromatic rings. The molecule has 0 fully saturated rings. The number of nitrogens with zero attached hydrogens (tertiary/aromatic N) is 1. The molecule has 0 aliphatic carbocycles. The Kier molecular flexibility index (Phi) is 11.6. The topological polar surface area (TPSA) is 125 Å². The number of benzene rings is 3. The molecular formula is C37H41N3O7. The number of carbonyl (C=O) groups is 3. The third-order valence-corrected chi connectivity index (χ3v) is 7.19. The molecule has 2 amide bonds. The van der Waals surface area contributed by atoms with E-state index in [0.717, 1.165) is 22.3 Å². The number of esters is 1. The van der Waals surface area contributed by atoms with E-state index in [2.05, 4.69) is 10.6 Å². The van der Waals surface area contributed by atoms with E-state index < -0.39 is 23.6 Å². The van der Waals surface area contributed by atoms with Crippen LogP contribution in [0, 0.1) is 6.92 Å². The molecule has 0 saturated heterocycles. The number of nitrogens with one attached hydrogen (secondary N) is 2. The van der Waals surface area contributed by atoms with Gasteiger partial charge in [0.25, 0.3) is 5.56 Å². The minimum atomic E-state index is -1.08. The number of rotatable bonds is 12. The van der Waals surface area contributed by atoms with Gasteiger partial charge in [0.2, 0.25) is 5.91 Å². The first kappa shape index (κ1) is 34.5. The van der Waals surface area contributed by atoms with Crippen LogP contribution >= 0.6 is 0 Å². The lowest BCUT2D eigenvalue weighted by atomic mass is 10.0. The molecule has 4 rings (SSSR count). The number of carbonyl (C=O) groups excluding carboxylic acids is 3. The van der Waals surface area contributed by atoms with Crippen molar-refractivity contribution in [3.63, 3.8) is 0 Å². The Morgan fingerprint density at radius 2 is 1.47 bits per heavy atom. The van der Waals surface area contributed by atoms with Gasteiger partial charge in [0.15, 0.2) is 0 Å². The molecule has 10 heteroatoms. The number of aryl methyl sites for hydroxylation is 1. The number of aromatic nitrogens is 1. The van der Waals surface area contributed by atoms with Gasteiger partial charge in [0.05, 0.1) is 20.1 Å². The minimum absolute atomic E-state index is 0.0221. The van der Waals surface area contributed by atoms with Crippen molar-refractivity contribution in [2.24, 2.45) is 0 Å². The Bertz CT molecular complexity index is 1730. The summed E-state index contributed by atoms with van der Waals surface area (Å²) in [6.07, 6.45) is 1.09. The molecule has 0 radical (unpaired) electrons. The maximum absolute atomic E-state index is 13.7. The van der Waals surface area contributed by atoms with E-state index in [0.29, 0.717) is 11.3 Å². The summed E-state index contributed by atoms with van der Waals surface area (Å²) in [5, 5.41) is 5.42. The molecule has 1 unspecified atom stereocenters. The molecule has 47 heavy (non-hydrogen) atoms. The van der Waals surface area contributed by atoms with E-state index in [1.165, 1.54) is 4.57 Å². The monoisotopic (exact) mass is 639 g/mol. The van der Waals surface area contributed by atoms with Crippen LogP contribution in [0.25, 0.3) is 0 Å². The summed E-state index contributed by atoms with van der Waals surface area (Å²) in [4.78, 5) is 52.4. The molecule has 0 saturated carbocycles. The van der Waals surface area contributed by atoms with Gasteiger partial charge < -0.3 is 29.4 Å². The highest BCUT2D eigenvalue weighted by Gasteiger charge is 2.24. The normalized spacial score (nSPS) is 11.7. The number of alkyl carbamates (subject to hydrolysis) is 1. The quantitative estimate of drug-likeness (QED) is 0.194. The van der Waals surface area contributed by atoms with Crippen molar-refractivity contribution in [2.75, 3.05) is 12.4 Å². The summed E-state index contributed by atoms with van der Waals surface area (Å²) in [6.45, 7) is 7.47. The van der Waals surface area contributed by atoms with E-state index in [1.54, 1.807) is 50.6 Å². The van der Waals surface area contributed by atoms with Crippen molar-refractivity contribution in [2.45, 2.75) is 65.3 Å². The smallest absolute Gasteiger partial charge is 0.408 e. The largest absolute Gasteiger partial charge is 0.497 e. The average Bonchev–Trinajstić information content (AvgIpc) is 3.04. The second-order valence-corrected chi connectivity index (χ2v) is 12.2. The van der Waals surface area contributed by atoms with Crippen LogP contribution in [-0.4, -0.2) is 41.3 Å². The third-order valence-electron chi connectivity index (χ3n) is 7.19. The second-order valence-electron chi connectivity index (χ2n) is 12.2. The molecule has 246 valence electrons. The van der Waals surface area contributed by atoms with Crippen LogP contribution in [0.2, 0.25) is 0 Å². The van der Waals surface area contributed by atoms with E-state index in [4.69, 9.17) is 14.2 Å². The third kappa shape index (κ3) is 10.6. The van der Waals surface area contributed by atoms with Crippen LogP contribution in [0.15, 0.2) is 95.9 Å². The first-order chi connectivity index (χ1) is 22.4. The first-order valence-electron chi connectivity index (χ1n) is 15.3. The Morgan fingerprint density at radius 3 is 2.11 bits per heavy atom. The number of pyridine rings is 1. The fourth-order valence-corrected chi connectivity index (χ4v) is 4.77. The number of hydrogen-bond acceptors (Lipinski definition) is 7. The molecular weight excluding hydrogens is 598 g/mol. The molecule has 3 aromatic carbocycles. The van der Waals surface area contributed by atoms with Crippen LogP contribution in [0.5, 0.6) is 5.75 Å². The van der Waals surface area contributed by atoms with Gasteiger partial charge in [-0.25, -0.2) is 4.79 Å². The maximum atomic E-state index is 13.7. The Balaban J connectivity index is 1.51. The van der Waals surface area contributed by atoms with Crippen molar-refractivity contribution >= 4 is 23.7 Å². The fraction of sp³-hybridized carbons (Fsp3) is 0.297. The maximum Gasteiger partial charge on any atom is 0.408 e. The fourth-order valence-electron chi connectivity index (χ4n) is 4.77. The van der Waals surface area contributed by atoms with Crippen molar-refractivity contribution in [3.8, 4) is 5.75 Å². The van der Waals surface area contributed by atoms with E-state index in [9.17, 15) is 19.2 Å². The Hall–Kier alpha value is -5.38. The summed E-state index contributed by atoms with van der Waals surface area (Å²) < 4.78 is 17.5. The summed E-state index contributed by atoms with van der Waals surface area (Å²) in [5.41, 5.74) is 2.86. The van der Waals surface area contributed by atoms with Gasteiger partial charge in [0, 0.05) is 12.6 Å². The molecule has 0 bridgehead atoms. The van der Waals surface area contributed by atoms with Crippen molar-refractivity contribution in [1.29, 1.82) is 0 Å². The SMILES string of the molecule is COc1ccc(Cn2ccc(C)c(NC(=O)C(Cc3ccc(CC(=O)OC(C)(C)C)cc3)NC(=O)OCc3ccccc3)c2=O)cc1. The molecule has 1 heterocycles. The number of anilines is 1. The van der Waals surface area contributed by atoms with Gasteiger partial charge in [-0.3, -0.25) is 14.4 Å². The summed E-state index contributed by atoms with van der Waals surface area (Å²) in [6, 6.07) is 24.3. The Morgan fingerprint density at radius 1 is 0.830 bits per heavy atom. The zero-order valence-electron chi connectivity index (χ0n) is 27.4. The molecule has 0 aliphatic heterocycles. The van der Waals surface area contributed by atoms with Crippen LogP contribution in [-0.2, 0) is 45.1 Å². The summed E-state index contributed by atoms with van der Waals surface area (Å²) in [5.74, 6) is -0.223.